The van der Waals surface area contributed by atoms with Crippen LogP contribution in [0, 0.1) is 0 Å². The predicted molar refractivity (Wildman–Crippen MR) is 81.2 cm³/mol. The zero-order valence-corrected chi connectivity index (χ0v) is 13.4. The number of aryl methyl sites for hydroxylation is 1. The van der Waals surface area contributed by atoms with Crippen LogP contribution in [-0.4, -0.2) is 62.7 Å². The minimum Gasteiger partial charge on any atom is -0.322 e. The zero-order chi connectivity index (χ0) is 15.9. The number of imide groups is 1. The van der Waals surface area contributed by atoms with Gasteiger partial charge in [0.15, 0.2) is 0 Å². The second-order valence-electron chi connectivity index (χ2n) is 6.58. The van der Waals surface area contributed by atoms with E-state index in [1.807, 2.05) is 33.3 Å². The largest absolute Gasteiger partial charge is 0.325 e. The third-order valence-corrected chi connectivity index (χ3v) is 4.53. The van der Waals surface area contributed by atoms with Crippen molar-refractivity contribution in [1.82, 2.24) is 24.9 Å². The van der Waals surface area contributed by atoms with Crippen molar-refractivity contribution in [3.8, 4) is 0 Å². The first-order chi connectivity index (χ1) is 10.4. The molecule has 1 N–H and O–H groups in total. The molecule has 2 saturated heterocycles. The van der Waals surface area contributed by atoms with Crippen LogP contribution in [0.25, 0.3) is 0 Å². The fraction of sp³-hybridized carbons (Fsp3) is 0.667. The van der Waals surface area contributed by atoms with Crippen LogP contribution in [0.3, 0.4) is 0 Å². The van der Waals surface area contributed by atoms with Gasteiger partial charge in [-0.3, -0.25) is 14.4 Å². The van der Waals surface area contributed by atoms with Gasteiger partial charge < -0.3 is 10.2 Å². The number of urea groups is 1. The van der Waals surface area contributed by atoms with E-state index in [1.54, 1.807) is 4.68 Å². The Morgan fingerprint density at radius 2 is 2.18 bits per heavy atom. The smallest absolute Gasteiger partial charge is 0.322 e. The molecule has 0 saturated carbocycles. The Kier molecular flexibility index (Phi) is 3.68. The Hall–Kier alpha value is -1.89. The molecule has 120 valence electrons. The van der Waals surface area contributed by atoms with Crippen molar-refractivity contribution >= 4 is 11.9 Å². The fourth-order valence-electron chi connectivity index (χ4n) is 3.35. The third kappa shape index (κ3) is 2.49. The molecule has 2 fully saturated rings. The van der Waals surface area contributed by atoms with E-state index in [2.05, 4.69) is 15.3 Å². The molecule has 3 amide bonds. The molecule has 1 aromatic heterocycles. The zero-order valence-electron chi connectivity index (χ0n) is 13.4. The maximum Gasteiger partial charge on any atom is 0.325 e. The lowest BCUT2D eigenvalue weighted by molar-refractivity contribution is -0.132. The van der Waals surface area contributed by atoms with E-state index in [0.717, 1.165) is 19.5 Å². The van der Waals surface area contributed by atoms with Crippen molar-refractivity contribution in [2.45, 2.75) is 38.3 Å². The number of carbonyl (C=O) groups excluding carboxylic acids is 2. The maximum atomic E-state index is 12.6. The molecule has 0 aliphatic carbocycles. The van der Waals surface area contributed by atoms with E-state index in [0.29, 0.717) is 13.0 Å². The summed E-state index contributed by atoms with van der Waals surface area (Å²) in [5, 5.41) is 7.09. The summed E-state index contributed by atoms with van der Waals surface area (Å²) in [5.41, 5.74) is 0.477. The number of likely N-dealkylation sites (tertiary alicyclic amines) is 1. The molecule has 1 spiro atoms. The van der Waals surface area contributed by atoms with Gasteiger partial charge in [0, 0.05) is 38.9 Å². The molecule has 7 nitrogen and oxygen atoms in total. The van der Waals surface area contributed by atoms with Gasteiger partial charge >= 0.3 is 6.03 Å². The van der Waals surface area contributed by atoms with E-state index in [4.69, 9.17) is 0 Å². The van der Waals surface area contributed by atoms with Crippen LogP contribution in [0.15, 0.2) is 12.4 Å². The average molecular weight is 305 g/mol. The van der Waals surface area contributed by atoms with Crippen LogP contribution in [-0.2, 0) is 18.3 Å². The lowest BCUT2D eigenvalue weighted by Gasteiger charge is -2.23. The molecule has 2 aliphatic rings. The monoisotopic (exact) mass is 305 g/mol. The summed E-state index contributed by atoms with van der Waals surface area (Å²) in [4.78, 5) is 28.2. The second kappa shape index (κ2) is 5.39. The van der Waals surface area contributed by atoms with Crippen molar-refractivity contribution in [1.29, 1.82) is 0 Å². The third-order valence-electron chi connectivity index (χ3n) is 4.53. The Labute approximate surface area is 130 Å². The van der Waals surface area contributed by atoms with Crippen molar-refractivity contribution in [3.05, 3.63) is 18.0 Å². The summed E-state index contributed by atoms with van der Waals surface area (Å²) in [6.45, 7) is 6.04. The highest BCUT2D eigenvalue weighted by Gasteiger charge is 2.54. The minimum atomic E-state index is -0.712. The van der Waals surface area contributed by atoms with Gasteiger partial charge in [-0.15, -0.1) is 0 Å². The first-order valence-electron chi connectivity index (χ1n) is 7.77. The number of rotatable bonds is 4. The molecule has 0 radical (unpaired) electrons. The number of carbonyl (C=O) groups is 2. The lowest BCUT2D eigenvalue weighted by Crippen LogP contribution is -2.49. The molecule has 1 atom stereocenters. The summed E-state index contributed by atoms with van der Waals surface area (Å²) in [6, 6.07) is -0.356. The molecule has 7 heteroatoms. The number of amides is 3. The summed E-state index contributed by atoms with van der Waals surface area (Å²) in [5.74, 6) is -0.0728. The highest BCUT2D eigenvalue weighted by molar-refractivity contribution is 6.07. The van der Waals surface area contributed by atoms with E-state index in [-0.39, 0.29) is 18.0 Å². The number of hydrogen-bond donors (Lipinski definition) is 1. The Morgan fingerprint density at radius 1 is 1.41 bits per heavy atom. The second-order valence-corrected chi connectivity index (χ2v) is 6.58. The first-order valence-corrected chi connectivity index (χ1v) is 7.77. The van der Waals surface area contributed by atoms with E-state index < -0.39 is 5.54 Å². The van der Waals surface area contributed by atoms with Crippen molar-refractivity contribution in [3.63, 3.8) is 0 Å². The SMILES string of the molecule is CC(C)N1C(=O)N[C@]2(CCN(CCc3cnn(C)c3)C2)C1=O. The molecule has 1 aromatic rings. The quantitative estimate of drug-likeness (QED) is 0.816. The fourth-order valence-corrected chi connectivity index (χ4v) is 3.35. The summed E-state index contributed by atoms with van der Waals surface area (Å²) < 4.78 is 1.79. The van der Waals surface area contributed by atoms with Crippen molar-refractivity contribution in [2.24, 2.45) is 7.05 Å². The summed E-state index contributed by atoms with van der Waals surface area (Å²) >= 11 is 0. The highest BCUT2D eigenvalue weighted by atomic mass is 16.2. The van der Waals surface area contributed by atoms with Crippen LogP contribution < -0.4 is 5.32 Å². The van der Waals surface area contributed by atoms with Gasteiger partial charge in [-0.2, -0.15) is 5.10 Å². The van der Waals surface area contributed by atoms with Crippen LogP contribution >= 0.6 is 0 Å². The van der Waals surface area contributed by atoms with E-state index >= 15 is 0 Å². The van der Waals surface area contributed by atoms with Gasteiger partial charge in [0.25, 0.3) is 5.91 Å². The van der Waals surface area contributed by atoms with Crippen molar-refractivity contribution in [2.75, 3.05) is 19.6 Å². The molecule has 0 aromatic carbocycles. The first kappa shape index (κ1) is 15.0. The number of aromatic nitrogens is 2. The standard InChI is InChI=1S/C15H23N5O2/c1-11(2)20-13(21)15(17-14(20)22)5-7-19(10-15)6-4-12-8-16-18(3)9-12/h8-9,11H,4-7,10H2,1-3H3,(H,17,22)/t15-/m0/s1. The van der Waals surface area contributed by atoms with Gasteiger partial charge in [-0.25, -0.2) is 4.79 Å². The molecular weight excluding hydrogens is 282 g/mol. The normalized spacial score (nSPS) is 25.7. The average Bonchev–Trinajstić information content (AvgIpc) is 3.09. The predicted octanol–water partition coefficient (Wildman–Crippen LogP) is 0.367. The van der Waals surface area contributed by atoms with E-state index in [1.165, 1.54) is 10.5 Å². The molecule has 3 heterocycles. The van der Waals surface area contributed by atoms with Gasteiger partial charge in [-0.05, 0) is 32.3 Å². The van der Waals surface area contributed by atoms with Crippen LogP contribution in [0.5, 0.6) is 0 Å². The molecule has 22 heavy (non-hydrogen) atoms. The Bertz CT molecular complexity index is 597. The summed E-state index contributed by atoms with van der Waals surface area (Å²) in [6.07, 6.45) is 5.47. The molecule has 0 unspecified atom stereocenters. The van der Waals surface area contributed by atoms with Crippen LogP contribution in [0.4, 0.5) is 4.79 Å². The Balaban J connectivity index is 1.62. The van der Waals surface area contributed by atoms with Crippen LogP contribution in [0.2, 0.25) is 0 Å². The molecule has 2 aliphatic heterocycles. The molecule has 0 bridgehead atoms. The Morgan fingerprint density at radius 3 is 2.77 bits per heavy atom. The minimum absolute atomic E-state index is 0.0728. The molecule has 3 rings (SSSR count). The summed E-state index contributed by atoms with van der Waals surface area (Å²) in [7, 11) is 1.90. The van der Waals surface area contributed by atoms with Gasteiger partial charge in [0.05, 0.1) is 6.20 Å². The lowest BCUT2D eigenvalue weighted by atomic mass is 9.98. The molecular formula is C15H23N5O2. The van der Waals surface area contributed by atoms with Crippen LogP contribution in [0.1, 0.15) is 25.8 Å². The van der Waals surface area contributed by atoms with Crippen molar-refractivity contribution < 1.29 is 9.59 Å². The maximum absolute atomic E-state index is 12.6. The number of nitrogens with zero attached hydrogens (tertiary/aromatic N) is 4. The van der Waals surface area contributed by atoms with Gasteiger partial charge in [0.1, 0.15) is 5.54 Å². The highest BCUT2D eigenvalue weighted by Crippen LogP contribution is 2.29. The van der Waals surface area contributed by atoms with Gasteiger partial charge in [0.2, 0.25) is 0 Å². The number of nitrogens with one attached hydrogen (secondary N) is 1. The van der Waals surface area contributed by atoms with Gasteiger partial charge in [-0.1, -0.05) is 0 Å². The number of hydrogen-bond acceptors (Lipinski definition) is 4. The topological polar surface area (TPSA) is 70.5 Å². The van der Waals surface area contributed by atoms with E-state index in [9.17, 15) is 9.59 Å².